The van der Waals surface area contributed by atoms with Crippen molar-refractivity contribution in [2.45, 2.75) is 0 Å². The van der Waals surface area contributed by atoms with Crippen LogP contribution in [0.2, 0.25) is 0 Å². The van der Waals surface area contributed by atoms with Gasteiger partial charge in [-0.25, -0.2) is 4.79 Å². The van der Waals surface area contributed by atoms with Crippen LogP contribution in [0.15, 0.2) is 24.3 Å². The van der Waals surface area contributed by atoms with Crippen LogP contribution in [0.25, 0.3) is 0 Å². The predicted molar refractivity (Wildman–Crippen MR) is 54.6 cm³/mol. The summed E-state index contributed by atoms with van der Waals surface area (Å²) in [6.07, 6.45) is 0. The second-order valence-electron chi connectivity index (χ2n) is 2.32. The summed E-state index contributed by atoms with van der Waals surface area (Å²) in [5.74, 6) is -0.308. The third-order valence-corrected chi connectivity index (χ3v) is 1.59. The molecule has 0 spiro atoms. The van der Waals surface area contributed by atoms with E-state index in [2.05, 4.69) is 10.1 Å². The molecule has 0 bridgehead atoms. The van der Waals surface area contributed by atoms with E-state index in [0.717, 1.165) is 5.69 Å². The van der Waals surface area contributed by atoms with Gasteiger partial charge in [0.05, 0.1) is 12.7 Å². The van der Waals surface area contributed by atoms with Crippen LogP contribution in [-0.2, 0) is 4.74 Å². The van der Waals surface area contributed by atoms with Crippen LogP contribution in [0.4, 0.5) is 5.69 Å². The van der Waals surface area contributed by atoms with E-state index in [9.17, 15) is 4.79 Å². The van der Waals surface area contributed by atoms with Gasteiger partial charge in [-0.15, -0.1) is 12.4 Å². The minimum atomic E-state index is -0.308. The highest BCUT2D eigenvalue weighted by Gasteiger charge is 2.02. The summed E-state index contributed by atoms with van der Waals surface area (Å²) in [6.45, 7) is 0. The van der Waals surface area contributed by atoms with Crippen molar-refractivity contribution in [3.8, 4) is 0 Å². The van der Waals surface area contributed by atoms with Crippen LogP contribution >= 0.6 is 12.4 Å². The molecule has 0 radical (unpaired) electrons. The van der Waals surface area contributed by atoms with Crippen molar-refractivity contribution in [3.05, 3.63) is 29.8 Å². The Morgan fingerprint density at radius 2 is 1.85 bits per heavy atom. The van der Waals surface area contributed by atoms with Crippen LogP contribution in [0, 0.1) is 0 Å². The third-order valence-electron chi connectivity index (χ3n) is 1.59. The highest BCUT2D eigenvalue weighted by atomic mass is 35.5. The average molecular weight is 202 g/mol. The van der Waals surface area contributed by atoms with E-state index < -0.39 is 0 Å². The van der Waals surface area contributed by atoms with Crippen molar-refractivity contribution in [1.82, 2.24) is 0 Å². The van der Waals surface area contributed by atoms with Gasteiger partial charge in [0.15, 0.2) is 0 Å². The molecule has 0 atom stereocenters. The van der Waals surface area contributed by atoms with Gasteiger partial charge in [-0.05, 0) is 24.3 Å². The molecule has 0 saturated heterocycles. The van der Waals surface area contributed by atoms with Crippen LogP contribution in [-0.4, -0.2) is 20.1 Å². The van der Waals surface area contributed by atoms with Crippen molar-refractivity contribution in [2.24, 2.45) is 0 Å². The smallest absolute Gasteiger partial charge is 0.337 e. The minimum Gasteiger partial charge on any atom is -0.465 e. The van der Waals surface area contributed by atoms with E-state index in [-0.39, 0.29) is 18.4 Å². The SMILES string of the molecule is CNc1ccc(C(=O)OC)cc1.Cl. The zero-order valence-electron chi connectivity index (χ0n) is 7.53. The highest BCUT2D eigenvalue weighted by molar-refractivity contribution is 5.89. The zero-order valence-corrected chi connectivity index (χ0v) is 8.35. The molecule has 0 unspecified atom stereocenters. The number of carbonyl (C=O) groups excluding carboxylic acids is 1. The number of hydrogen-bond acceptors (Lipinski definition) is 3. The van der Waals surface area contributed by atoms with E-state index in [1.54, 1.807) is 12.1 Å². The van der Waals surface area contributed by atoms with Gasteiger partial charge in [0, 0.05) is 12.7 Å². The number of methoxy groups -OCH3 is 1. The molecule has 1 rings (SSSR count). The number of carbonyl (C=O) groups is 1. The van der Waals surface area contributed by atoms with Gasteiger partial charge >= 0.3 is 5.97 Å². The second-order valence-corrected chi connectivity index (χ2v) is 2.32. The summed E-state index contributed by atoms with van der Waals surface area (Å²) in [5.41, 5.74) is 1.54. The van der Waals surface area contributed by atoms with Gasteiger partial charge in [-0.1, -0.05) is 0 Å². The predicted octanol–water partition coefficient (Wildman–Crippen LogP) is 1.94. The lowest BCUT2D eigenvalue weighted by molar-refractivity contribution is 0.0601. The highest BCUT2D eigenvalue weighted by Crippen LogP contribution is 2.08. The van der Waals surface area contributed by atoms with E-state index >= 15 is 0 Å². The van der Waals surface area contributed by atoms with Crippen molar-refractivity contribution in [1.29, 1.82) is 0 Å². The number of anilines is 1. The van der Waals surface area contributed by atoms with Crippen molar-refractivity contribution in [2.75, 3.05) is 19.5 Å². The van der Waals surface area contributed by atoms with E-state index in [0.29, 0.717) is 5.56 Å². The molecule has 0 heterocycles. The van der Waals surface area contributed by atoms with Gasteiger partial charge in [-0.2, -0.15) is 0 Å². The molecule has 0 aliphatic heterocycles. The standard InChI is InChI=1S/C9H11NO2.ClH/c1-10-8-5-3-7(4-6-8)9(11)12-2;/h3-6,10H,1-2H3;1H. The monoisotopic (exact) mass is 201 g/mol. The molecular weight excluding hydrogens is 190 g/mol. The summed E-state index contributed by atoms with van der Waals surface area (Å²) < 4.78 is 4.55. The van der Waals surface area contributed by atoms with Crippen molar-refractivity contribution < 1.29 is 9.53 Å². The molecule has 13 heavy (non-hydrogen) atoms. The topological polar surface area (TPSA) is 38.3 Å². The Morgan fingerprint density at radius 1 is 1.31 bits per heavy atom. The second kappa shape index (κ2) is 5.43. The van der Waals surface area contributed by atoms with Crippen LogP contribution in [0.3, 0.4) is 0 Å². The molecule has 0 amide bonds. The summed E-state index contributed by atoms with van der Waals surface area (Å²) in [4.78, 5) is 11.0. The first-order chi connectivity index (χ1) is 5.77. The van der Waals surface area contributed by atoms with E-state index in [1.165, 1.54) is 7.11 Å². The first-order valence-corrected chi connectivity index (χ1v) is 3.64. The number of benzene rings is 1. The lowest BCUT2D eigenvalue weighted by atomic mass is 10.2. The number of halogens is 1. The molecule has 4 heteroatoms. The maximum absolute atomic E-state index is 11.0. The summed E-state index contributed by atoms with van der Waals surface area (Å²) in [7, 11) is 3.20. The van der Waals surface area contributed by atoms with Crippen LogP contribution < -0.4 is 5.32 Å². The third kappa shape index (κ3) is 2.95. The fourth-order valence-corrected chi connectivity index (χ4v) is 0.891. The maximum atomic E-state index is 11.0. The quantitative estimate of drug-likeness (QED) is 0.744. The van der Waals surface area contributed by atoms with Gasteiger partial charge in [-0.3, -0.25) is 0 Å². The summed E-state index contributed by atoms with van der Waals surface area (Å²) >= 11 is 0. The molecule has 0 aliphatic rings. The fourth-order valence-electron chi connectivity index (χ4n) is 0.891. The number of hydrogen-bond donors (Lipinski definition) is 1. The fraction of sp³-hybridized carbons (Fsp3) is 0.222. The zero-order chi connectivity index (χ0) is 8.97. The lowest BCUT2D eigenvalue weighted by Gasteiger charge is -2.01. The van der Waals surface area contributed by atoms with Gasteiger partial charge in [0.25, 0.3) is 0 Å². The summed E-state index contributed by atoms with van der Waals surface area (Å²) in [5, 5.41) is 2.96. The molecule has 72 valence electrons. The Hall–Kier alpha value is -1.22. The lowest BCUT2D eigenvalue weighted by Crippen LogP contribution is -2.00. The number of esters is 1. The summed E-state index contributed by atoms with van der Waals surface area (Å²) in [6, 6.07) is 7.09. The van der Waals surface area contributed by atoms with E-state index in [4.69, 9.17) is 0 Å². The molecule has 0 fully saturated rings. The molecule has 1 aromatic rings. The normalized spacial score (nSPS) is 8.46. The number of rotatable bonds is 2. The minimum absolute atomic E-state index is 0. The Morgan fingerprint density at radius 3 is 2.23 bits per heavy atom. The average Bonchev–Trinajstić information content (AvgIpc) is 2.17. The van der Waals surface area contributed by atoms with Gasteiger partial charge in [0.2, 0.25) is 0 Å². The van der Waals surface area contributed by atoms with Gasteiger partial charge in [0.1, 0.15) is 0 Å². The largest absolute Gasteiger partial charge is 0.465 e. The molecule has 1 N–H and O–H groups in total. The first-order valence-electron chi connectivity index (χ1n) is 3.64. The molecule has 1 aromatic carbocycles. The van der Waals surface area contributed by atoms with Crippen LogP contribution in [0.1, 0.15) is 10.4 Å². The molecule has 0 saturated carbocycles. The number of ether oxygens (including phenoxy) is 1. The van der Waals surface area contributed by atoms with Crippen LogP contribution in [0.5, 0.6) is 0 Å². The Kier molecular flexibility index (Phi) is 4.92. The molecule has 0 aromatic heterocycles. The first kappa shape index (κ1) is 11.8. The molecular formula is C9H12ClNO2. The van der Waals surface area contributed by atoms with Crippen molar-refractivity contribution in [3.63, 3.8) is 0 Å². The van der Waals surface area contributed by atoms with E-state index in [1.807, 2.05) is 19.2 Å². The molecule has 0 aliphatic carbocycles. The Balaban J connectivity index is 0.00000144. The Labute approximate surface area is 83.5 Å². The number of nitrogens with one attached hydrogen (secondary N) is 1. The van der Waals surface area contributed by atoms with Crippen molar-refractivity contribution >= 4 is 24.1 Å². The Bertz CT molecular complexity index is 271. The molecule has 3 nitrogen and oxygen atoms in total. The maximum Gasteiger partial charge on any atom is 0.337 e. The van der Waals surface area contributed by atoms with Gasteiger partial charge < -0.3 is 10.1 Å².